The minimum atomic E-state index is -0.446. The predicted octanol–water partition coefficient (Wildman–Crippen LogP) is 5.70. The number of hydrogen-bond donors (Lipinski definition) is 0. The van der Waals surface area contributed by atoms with Crippen LogP contribution >= 0.6 is 0 Å². The van der Waals surface area contributed by atoms with E-state index in [1.165, 1.54) is 0 Å². The van der Waals surface area contributed by atoms with E-state index in [0.29, 0.717) is 23.1 Å². The fourth-order valence-electron chi connectivity index (χ4n) is 2.45. The van der Waals surface area contributed by atoms with E-state index >= 15 is 0 Å². The smallest absolute Gasteiger partial charge is 0.621 e. The first-order valence-corrected chi connectivity index (χ1v) is 8.83. The monoisotopic (exact) mass is 576 g/mol. The molecule has 0 radical (unpaired) electrons. The van der Waals surface area contributed by atoms with Crippen molar-refractivity contribution in [1.82, 2.24) is 9.97 Å². The van der Waals surface area contributed by atoms with Gasteiger partial charge in [0.25, 0.3) is 0 Å². The van der Waals surface area contributed by atoms with E-state index in [2.05, 4.69) is 21.4 Å². The Kier molecular flexibility index (Phi) is 7.30. The zero-order chi connectivity index (χ0) is 19.9. The van der Waals surface area contributed by atoms with Gasteiger partial charge in [-0.15, -0.1) is 17.8 Å². The second-order valence-corrected chi connectivity index (χ2v) is 5.86. The van der Waals surface area contributed by atoms with Gasteiger partial charge in [0.2, 0.25) is 11.8 Å². The average molecular weight is 576 g/mol. The van der Waals surface area contributed by atoms with Crippen molar-refractivity contribution in [2.75, 3.05) is 0 Å². The average Bonchev–Trinajstić information content (AvgIpc) is 2.76. The Bertz CT molecular complexity index is 1110. The summed E-state index contributed by atoms with van der Waals surface area (Å²) in [5.41, 5.74) is 0.755. The number of benzene rings is 2. The molecule has 0 aliphatic rings. The number of nitrogens with zero attached hydrogens (tertiary/aromatic N) is 3. The number of carbonyl (C=O) groups excluding carboxylic acids is 1. The molecule has 0 fully saturated rings. The number of pyridine rings is 2. The molecule has 7 heteroatoms. The van der Waals surface area contributed by atoms with E-state index in [9.17, 15) is 4.79 Å². The molecule has 30 heavy (non-hydrogen) atoms. The summed E-state index contributed by atoms with van der Waals surface area (Å²) in [6.45, 7) is 0. The molecule has 4 aromatic rings. The van der Waals surface area contributed by atoms with Gasteiger partial charge in [-0.3, -0.25) is 0 Å². The van der Waals surface area contributed by atoms with Gasteiger partial charge in [0.15, 0.2) is 0 Å². The van der Waals surface area contributed by atoms with E-state index in [4.69, 9.17) is 9.47 Å². The Morgan fingerprint density at radius 2 is 1.43 bits per heavy atom. The van der Waals surface area contributed by atoms with Crippen LogP contribution in [0, 0.1) is 6.07 Å². The molecule has 0 spiro atoms. The van der Waals surface area contributed by atoms with Crippen molar-refractivity contribution < 1.29 is 35.3 Å². The third-order valence-corrected chi connectivity index (χ3v) is 3.74. The quantitative estimate of drug-likeness (QED) is 0.275. The normalized spacial score (nSPS) is 9.87. The molecule has 1 amide bonds. The minimum absolute atomic E-state index is 0. The van der Waals surface area contributed by atoms with Crippen molar-refractivity contribution >= 4 is 11.6 Å². The van der Waals surface area contributed by atoms with Crippen LogP contribution in [-0.4, -0.2) is 15.9 Å². The van der Waals surface area contributed by atoms with Gasteiger partial charge in [-0.2, -0.15) is 6.07 Å². The molecule has 0 aliphatic heterocycles. The summed E-state index contributed by atoms with van der Waals surface area (Å²) in [5, 5.41) is 4.05. The molecular weight excluding hydrogens is 561 g/mol. The van der Waals surface area contributed by atoms with Gasteiger partial charge in [0.1, 0.15) is 5.91 Å². The van der Waals surface area contributed by atoms with Gasteiger partial charge < -0.3 is 19.6 Å². The van der Waals surface area contributed by atoms with Crippen LogP contribution < -0.4 is 9.47 Å². The SMILES string of the molecule is O=C([N-]c1ccccc1)c1cccc(Oc2[c-]c(Oc3ccccn3)ccc2)n1.[Pt+2]. The molecule has 2 heterocycles. The Hall–Kier alpha value is -3.50. The summed E-state index contributed by atoms with van der Waals surface area (Å²) >= 11 is 0. The Morgan fingerprint density at radius 3 is 2.17 bits per heavy atom. The molecule has 4 rings (SSSR count). The summed E-state index contributed by atoms with van der Waals surface area (Å²) in [4.78, 5) is 20.7. The molecule has 0 bridgehead atoms. The molecule has 0 saturated carbocycles. The second-order valence-electron chi connectivity index (χ2n) is 5.86. The number of aromatic nitrogens is 2. The van der Waals surface area contributed by atoms with E-state index in [1.54, 1.807) is 66.9 Å². The van der Waals surface area contributed by atoms with Crippen molar-refractivity contribution in [3.8, 4) is 23.3 Å². The summed E-state index contributed by atoms with van der Waals surface area (Å²) in [6, 6.07) is 27.5. The van der Waals surface area contributed by atoms with Crippen molar-refractivity contribution in [2.45, 2.75) is 0 Å². The maximum absolute atomic E-state index is 12.4. The van der Waals surface area contributed by atoms with Crippen LogP contribution in [0.2, 0.25) is 0 Å². The van der Waals surface area contributed by atoms with Gasteiger partial charge in [-0.1, -0.05) is 48.5 Å². The molecule has 6 nitrogen and oxygen atoms in total. The zero-order valence-corrected chi connectivity index (χ0v) is 17.8. The largest absolute Gasteiger partial charge is 2.00 e. The number of amides is 1. The third kappa shape index (κ3) is 5.75. The van der Waals surface area contributed by atoms with Gasteiger partial charge in [-0.25, -0.2) is 9.97 Å². The predicted molar refractivity (Wildman–Crippen MR) is 108 cm³/mol. The first-order valence-electron chi connectivity index (χ1n) is 8.83. The molecular formula is C23H15N3O3Pt. The fraction of sp³-hybridized carbons (Fsp3) is 0. The van der Waals surface area contributed by atoms with Crippen LogP contribution in [0.3, 0.4) is 0 Å². The van der Waals surface area contributed by atoms with Crippen molar-refractivity contribution in [1.29, 1.82) is 0 Å². The van der Waals surface area contributed by atoms with Gasteiger partial charge in [0.05, 0.1) is 5.69 Å². The molecule has 0 N–H and O–H groups in total. The van der Waals surface area contributed by atoms with E-state index in [0.717, 1.165) is 0 Å². The third-order valence-electron chi connectivity index (χ3n) is 3.74. The topological polar surface area (TPSA) is 75.4 Å². The Balaban J connectivity index is 0.00000256. The van der Waals surface area contributed by atoms with Crippen LogP contribution in [0.5, 0.6) is 23.3 Å². The number of para-hydroxylation sites is 1. The first kappa shape index (κ1) is 21.2. The molecule has 2 aromatic heterocycles. The number of ether oxygens (including phenoxy) is 2. The number of rotatable bonds is 6. The summed E-state index contributed by atoms with van der Waals surface area (Å²) in [5.74, 6) is 1.11. The van der Waals surface area contributed by atoms with E-state index < -0.39 is 5.91 Å². The number of carbonyl (C=O) groups is 1. The molecule has 2 aromatic carbocycles. The number of hydrogen-bond acceptors (Lipinski definition) is 5. The van der Waals surface area contributed by atoms with Gasteiger partial charge >= 0.3 is 21.1 Å². The molecule has 0 aliphatic carbocycles. The summed E-state index contributed by atoms with van der Waals surface area (Å²) in [7, 11) is 0. The van der Waals surface area contributed by atoms with Crippen LogP contribution in [0.1, 0.15) is 10.5 Å². The minimum Gasteiger partial charge on any atom is -0.621 e. The standard InChI is InChI=1S/C23H16N3O3.Pt/c27-23(25-17-8-2-1-3-9-17)20-12-7-14-22(26-20)29-19-11-6-10-18(16-19)28-21-13-4-5-15-24-21;/h1-15H,(H,25,27);/q-1;+2/p-1. The van der Waals surface area contributed by atoms with Gasteiger partial charge in [0, 0.05) is 29.8 Å². The molecule has 150 valence electrons. The van der Waals surface area contributed by atoms with Crippen LogP contribution in [0.15, 0.2) is 91.1 Å². The zero-order valence-electron chi connectivity index (χ0n) is 15.5. The van der Waals surface area contributed by atoms with Crippen LogP contribution in [0.25, 0.3) is 5.32 Å². The van der Waals surface area contributed by atoms with Gasteiger partial charge in [-0.05, 0) is 12.1 Å². The fourth-order valence-corrected chi connectivity index (χ4v) is 2.45. The summed E-state index contributed by atoms with van der Waals surface area (Å²) in [6.07, 6.45) is 1.64. The van der Waals surface area contributed by atoms with Crippen molar-refractivity contribution in [3.63, 3.8) is 0 Å². The molecule has 0 saturated heterocycles. The maximum atomic E-state index is 12.4. The second kappa shape index (κ2) is 10.3. The maximum Gasteiger partial charge on any atom is 2.00 e. The van der Waals surface area contributed by atoms with Crippen molar-refractivity contribution in [2.24, 2.45) is 0 Å². The first-order chi connectivity index (χ1) is 14.3. The Morgan fingerprint density at radius 1 is 0.767 bits per heavy atom. The van der Waals surface area contributed by atoms with Crippen molar-refractivity contribution in [3.05, 3.63) is 108 Å². The van der Waals surface area contributed by atoms with E-state index in [-0.39, 0.29) is 32.6 Å². The molecule has 0 unspecified atom stereocenters. The molecule has 0 atom stereocenters. The van der Waals surface area contributed by atoms with E-state index in [1.807, 2.05) is 24.3 Å². The summed E-state index contributed by atoms with van der Waals surface area (Å²) < 4.78 is 11.4. The van der Waals surface area contributed by atoms with Crippen LogP contribution in [0.4, 0.5) is 5.69 Å². The van der Waals surface area contributed by atoms with Crippen LogP contribution in [-0.2, 0) is 21.1 Å². The Labute approximate surface area is 188 Å².